The van der Waals surface area contributed by atoms with Crippen LogP contribution in [0.25, 0.3) is 0 Å². The fraction of sp³-hybridized carbons (Fsp3) is 0.286. The summed E-state index contributed by atoms with van der Waals surface area (Å²) >= 11 is 0. The van der Waals surface area contributed by atoms with Crippen LogP contribution in [0, 0.1) is 6.92 Å². The molecular weight excluding hydrogens is 240 g/mol. The lowest BCUT2D eigenvalue weighted by Gasteiger charge is -2.12. The van der Waals surface area contributed by atoms with E-state index in [9.17, 15) is 0 Å². The van der Waals surface area contributed by atoms with Crippen molar-refractivity contribution in [2.45, 2.75) is 20.4 Å². The van der Waals surface area contributed by atoms with Crippen LogP contribution < -0.4 is 15.8 Å². The number of benzene rings is 1. The minimum atomic E-state index is 0.421. The summed E-state index contributed by atoms with van der Waals surface area (Å²) in [5.41, 5.74) is 8.84. The van der Waals surface area contributed by atoms with Gasteiger partial charge in [0.1, 0.15) is 12.0 Å². The number of rotatable bonds is 5. The fourth-order valence-electron chi connectivity index (χ4n) is 1.76. The van der Waals surface area contributed by atoms with Gasteiger partial charge in [-0.05, 0) is 25.0 Å². The van der Waals surface area contributed by atoms with E-state index in [1.165, 1.54) is 17.5 Å². The molecule has 0 aliphatic carbocycles. The smallest absolute Gasteiger partial charge is 0.242 e. The number of aromatic nitrogens is 2. The molecule has 0 saturated heterocycles. The summed E-state index contributed by atoms with van der Waals surface area (Å²) in [6.07, 6.45) is 1.45. The number of hydrogen-bond acceptors (Lipinski definition) is 5. The van der Waals surface area contributed by atoms with Crippen molar-refractivity contribution in [1.82, 2.24) is 9.97 Å². The molecule has 2 rings (SSSR count). The van der Waals surface area contributed by atoms with Crippen molar-refractivity contribution < 1.29 is 4.74 Å². The van der Waals surface area contributed by atoms with E-state index in [0.29, 0.717) is 30.5 Å². The molecule has 0 aliphatic heterocycles. The molecule has 1 aromatic carbocycles. The highest BCUT2D eigenvalue weighted by Gasteiger charge is 2.08. The van der Waals surface area contributed by atoms with Gasteiger partial charge in [-0.2, -0.15) is 4.98 Å². The third kappa shape index (κ3) is 3.13. The zero-order valence-corrected chi connectivity index (χ0v) is 11.2. The van der Waals surface area contributed by atoms with Gasteiger partial charge in [-0.15, -0.1) is 0 Å². The van der Waals surface area contributed by atoms with E-state index in [1.807, 2.05) is 19.1 Å². The van der Waals surface area contributed by atoms with Crippen molar-refractivity contribution in [3.05, 3.63) is 41.7 Å². The Hall–Kier alpha value is -2.30. The van der Waals surface area contributed by atoms with E-state index >= 15 is 0 Å². The maximum atomic E-state index is 5.96. The monoisotopic (exact) mass is 258 g/mol. The van der Waals surface area contributed by atoms with Crippen molar-refractivity contribution in [3.8, 4) is 5.88 Å². The molecule has 0 bridgehead atoms. The van der Waals surface area contributed by atoms with Crippen molar-refractivity contribution in [1.29, 1.82) is 0 Å². The van der Waals surface area contributed by atoms with Crippen LogP contribution in [-0.4, -0.2) is 16.6 Å². The van der Waals surface area contributed by atoms with Gasteiger partial charge in [0.2, 0.25) is 5.88 Å². The molecule has 19 heavy (non-hydrogen) atoms. The molecule has 5 nitrogen and oxygen atoms in total. The van der Waals surface area contributed by atoms with Gasteiger partial charge in [0.15, 0.2) is 5.82 Å². The minimum absolute atomic E-state index is 0.421. The average molecular weight is 258 g/mol. The zero-order valence-electron chi connectivity index (χ0n) is 11.2. The summed E-state index contributed by atoms with van der Waals surface area (Å²) in [5, 5.41) is 3.21. The summed E-state index contributed by atoms with van der Waals surface area (Å²) in [5.74, 6) is 1.02. The summed E-state index contributed by atoms with van der Waals surface area (Å²) in [7, 11) is 0. The number of nitrogens with zero attached hydrogens (tertiary/aromatic N) is 2. The van der Waals surface area contributed by atoms with Gasteiger partial charge in [-0.1, -0.05) is 24.3 Å². The van der Waals surface area contributed by atoms with Crippen LogP contribution in [0.1, 0.15) is 18.1 Å². The predicted octanol–water partition coefficient (Wildman–Crippen LogP) is 2.38. The molecular formula is C14H18N4O. The Morgan fingerprint density at radius 1 is 1.26 bits per heavy atom. The van der Waals surface area contributed by atoms with Gasteiger partial charge in [0.25, 0.3) is 0 Å². The predicted molar refractivity (Wildman–Crippen MR) is 76.1 cm³/mol. The molecule has 0 saturated carbocycles. The third-order valence-corrected chi connectivity index (χ3v) is 2.84. The lowest BCUT2D eigenvalue weighted by molar-refractivity contribution is 0.328. The van der Waals surface area contributed by atoms with Gasteiger partial charge in [-0.25, -0.2) is 4.98 Å². The van der Waals surface area contributed by atoms with Crippen LogP contribution in [0.5, 0.6) is 5.88 Å². The molecule has 5 heteroatoms. The summed E-state index contributed by atoms with van der Waals surface area (Å²) in [6.45, 7) is 5.16. The second-order valence-electron chi connectivity index (χ2n) is 4.15. The molecule has 0 amide bonds. The highest BCUT2D eigenvalue weighted by Crippen LogP contribution is 2.25. The summed E-state index contributed by atoms with van der Waals surface area (Å²) < 4.78 is 5.34. The Kier molecular flexibility index (Phi) is 4.18. The van der Waals surface area contributed by atoms with Gasteiger partial charge in [0, 0.05) is 6.54 Å². The normalized spacial score (nSPS) is 10.2. The first kappa shape index (κ1) is 13.1. The molecule has 0 unspecified atom stereocenters. The van der Waals surface area contributed by atoms with E-state index in [2.05, 4.69) is 34.3 Å². The van der Waals surface area contributed by atoms with Gasteiger partial charge in [-0.3, -0.25) is 0 Å². The molecule has 0 spiro atoms. The van der Waals surface area contributed by atoms with Gasteiger partial charge in [0.05, 0.1) is 6.61 Å². The standard InChI is InChI=1S/C14H18N4O/c1-3-19-14-12(15)13(17-9-18-14)16-8-11-7-5-4-6-10(11)2/h4-7,9H,3,8,15H2,1-2H3,(H,16,17,18). The number of hydrogen-bond donors (Lipinski definition) is 2. The van der Waals surface area contributed by atoms with Crippen molar-refractivity contribution >= 4 is 11.5 Å². The van der Waals surface area contributed by atoms with Crippen molar-refractivity contribution in [2.75, 3.05) is 17.7 Å². The molecule has 0 atom stereocenters. The molecule has 0 aliphatic rings. The second kappa shape index (κ2) is 6.04. The molecule has 1 aromatic heterocycles. The molecule has 1 heterocycles. The number of anilines is 2. The lowest BCUT2D eigenvalue weighted by Crippen LogP contribution is -2.08. The summed E-state index contributed by atoms with van der Waals surface area (Å²) in [4.78, 5) is 8.14. The number of ether oxygens (including phenoxy) is 1. The Morgan fingerprint density at radius 3 is 2.79 bits per heavy atom. The number of nitrogen functional groups attached to an aromatic ring is 1. The average Bonchev–Trinajstić information content (AvgIpc) is 2.42. The van der Waals surface area contributed by atoms with E-state index in [4.69, 9.17) is 10.5 Å². The van der Waals surface area contributed by atoms with E-state index in [-0.39, 0.29) is 0 Å². The highest BCUT2D eigenvalue weighted by atomic mass is 16.5. The van der Waals surface area contributed by atoms with E-state index in [0.717, 1.165) is 0 Å². The first-order valence-electron chi connectivity index (χ1n) is 6.24. The topological polar surface area (TPSA) is 73.1 Å². The Morgan fingerprint density at radius 2 is 2.05 bits per heavy atom. The Labute approximate surface area is 112 Å². The number of aryl methyl sites for hydroxylation is 1. The molecule has 0 fully saturated rings. The van der Waals surface area contributed by atoms with Crippen molar-refractivity contribution in [3.63, 3.8) is 0 Å². The van der Waals surface area contributed by atoms with Crippen molar-refractivity contribution in [2.24, 2.45) is 0 Å². The van der Waals surface area contributed by atoms with Crippen LogP contribution in [0.4, 0.5) is 11.5 Å². The first-order chi connectivity index (χ1) is 9.22. The highest BCUT2D eigenvalue weighted by molar-refractivity contribution is 5.66. The number of nitrogens with two attached hydrogens (primary N) is 1. The van der Waals surface area contributed by atoms with E-state index < -0.39 is 0 Å². The maximum Gasteiger partial charge on any atom is 0.242 e. The molecule has 2 aromatic rings. The number of nitrogens with one attached hydrogen (secondary N) is 1. The zero-order chi connectivity index (χ0) is 13.7. The summed E-state index contributed by atoms with van der Waals surface area (Å²) in [6, 6.07) is 8.18. The SMILES string of the molecule is CCOc1ncnc(NCc2ccccc2C)c1N. The van der Waals surface area contributed by atoms with Crippen LogP contribution in [-0.2, 0) is 6.54 Å². The quantitative estimate of drug-likeness (QED) is 0.861. The second-order valence-corrected chi connectivity index (χ2v) is 4.15. The minimum Gasteiger partial charge on any atom is -0.476 e. The van der Waals surface area contributed by atoms with Gasteiger partial charge < -0.3 is 15.8 Å². The Bertz CT molecular complexity index is 557. The molecule has 100 valence electrons. The van der Waals surface area contributed by atoms with Gasteiger partial charge >= 0.3 is 0 Å². The van der Waals surface area contributed by atoms with Crippen LogP contribution in [0.15, 0.2) is 30.6 Å². The third-order valence-electron chi connectivity index (χ3n) is 2.84. The molecule has 3 N–H and O–H groups in total. The first-order valence-corrected chi connectivity index (χ1v) is 6.24. The fourth-order valence-corrected chi connectivity index (χ4v) is 1.76. The van der Waals surface area contributed by atoms with E-state index in [1.54, 1.807) is 0 Å². The Balaban J connectivity index is 2.12. The maximum absolute atomic E-state index is 5.96. The largest absolute Gasteiger partial charge is 0.476 e. The lowest BCUT2D eigenvalue weighted by atomic mass is 10.1. The molecule has 0 radical (unpaired) electrons. The van der Waals surface area contributed by atoms with Crippen LogP contribution in [0.2, 0.25) is 0 Å². The van der Waals surface area contributed by atoms with Crippen LogP contribution >= 0.6 is 0 Å². The van der Waals surface area contributed by atoms with Crippen LogP contribution in [0.3, 0.4) is 0 Å².